The van der Waals surface area contributed by atoms with Gasteiger partial charge in [-0.05, 0) is 25.7 Å². The first-order valence-electron chi connectivity index (χ1n) is 8.63. The van der Waals surface area contributed by atoms with E-state index in [1.54, 1.807) is 18.2 Å². The van der Waals surface area contributed by atoms with Gasteiger partial charge in [0.15, 0.2) is 0 Å². The van der Waals surface area contributed by atoms with Gasteiger partial charge in [0.25, 0.3) is 0 Å². The monoisotopic (exact) mass is 342 g/mol. The van der Waals surface area contributed by atoms with Crippen molar-refractivity contribution in [3.63, 3.8) is 0 Å². The summed E-state index contributed by atoms with van der Waals surface area (Å²) in [6.45, 7) is 0. The fraction of sp³-hybridized carbons (Fsp3) is 0.667. The van der Waals surface area contributed by atoms with E-state index in [4.69, 9.17) is 14.5 Å². The van der Waals surface area contributed by atoms with Crippen LogP contribution in [0.3, 0.4) is 0 Å². The molecule has 0 bridgehead atoms. The van der Waals surface area contributed by atoms with Gasteiger partial charge in [-0.2, -0.15) is 22.9 Å². The summed E-state index contributed by atoms with van der Waals surface area (Å²) in [4.78, 5) is 10.5. The van der Waals surface area contributed by atoms with Gasteiger partial charge in [-0.15, -0.1) is 0 Å². The van der Waals surface area contributed by atoms with Crippen molar-refractivity contribution < 1.29 is 27.7 Å². The Kier molecular flexibility index (Phi) is 3.71. The number of fused-ring (bicyclic) bond motifs is 1. The molecule has 1 aromatic rings. The molecular formula is C18H21F3O3. The van der Waals surface area contributed by atoms with E-state index in [1.807, 2.05) is 0 Å². The Morgan fingerprint density at radius 3 is 1.96 bits per heavy atom. The van der Waals surface area contributed by atoms with Crippen molar-refractivity contribution in [1.29, 1.82) is 0 Å². The molecule has 24 heavy (non-hydrogen) atoms. The van der Waals surface area contributed by atoms with Crippen LogP contribution in [0, 0.1) is 5.41 Å². The molecule has 2 aliphatic carbocycles. The third kappa shape index (κ3) is 2.16. The zero-order valence-electron chi connectivity index (χ0n) is 13.4. The van der Waals surface area contributed by atoms with E-state index in [2.05, 4.69) is 0 Å². The van der Waals surface area contributed by atoms with Gasteiger partial charge in [0.1, 0.15) is 0 Å². The van der Waals surface area contributed by atoms with Crippen LogP contribution in [0.1, 0.15) is 56.9 Å². The minimum Gasteiger partial charge on any atom is -0.301 e. The fourth-order valence-electron chi connectivity index (χ4n) is 4.67. The first kappa shape index (κ1) is 16.4. The molecule has 132 valence electrons. The lowest BCUT2D eigenvalue weighted by Crippen LogP contribution is -2.53. The SMILES string of the molecule is FC(F)(F)C1(c2ccccc2)OOC2(CCCCC23CCCC3)O1. The Hall–Kier alpha value is -1.11. The molecule has 3 fully saturated rings. The number of alkyl halides is 3. The summed E-state index contributed by atoms with van der Waals surface area (Å²) < 4.78 is 47.8. The number of hydrogen-bond donors (Lipinski definition) is 0. The van der Waals surface area contributed by atoms with Crippen LogP contribution in [0.2, 0.25) is 0 Å². The fourth-order valence-corrected chi connectivity index (χ4v) is 4.67. The molecule has 0 aromatic heterocycles. The van der Waals surface area contributed by atoms with Crippen LogP contribution in [-0.4, -0.2) is 12.0 Å². The van der Waals surface area contributed by atoms with Crippen LogP contribution in [-0.2, 0) is 20.3 Å². The summed E-state index contributed by atoms with van der Waals surface area (Å²) in [5.41, 5.74) is -0.444. The maximum absolute atomic E-state index is 14.0. The maximum Gasteiger partial charge on any atom is 0.451 e. The van der Waals surface area contributed by atoms with Gasteiger partial charge in [-0.3, -0.25) is 0 Å². The van der Waals surface area contributed by atoms with Crippen LogP contribution in [0.25, 0.3) is 0 Å². The average Bonchev–Trinajstić information content (AvgIpc) is 3.18. The summed E-state index contributed by atoms with van der Waals surface area (Å²) in [6.07, 6.45) is 1.99. The van der Waals surface area contributed by atoms with Gasteiger partial charge >= 0.3 is 12.0 Å². The van der Waals surface area contributed by atoms with E-state index in [0.717, 1.165) is 44.9 Å². The normalized spacial score (nSPS) is 35.8. The Labute approximate surface area is 139 Å². The number of halogens is 3. The smallest absolute Gasteiger partial charge is 0.301 e. The van der Waals surface area contributed by atoms with E-state index in [1.165, 1.54) is 12.1 Å². The first-order valence-corrected chi connectivity index (χ1v) is 8.63. The van der Waals surface area contributed by atoms with Gasteiger partial charge in [0, 0.05) is 17.4 Å². The second kappa shape index (κ2) is 5.44. The van der Waals surface area contributed by atoms with Crippen molar-refractivity contribution in [3.8, 4) is 0 Å². The van der Waals surface area contributed by atoms with Crippen LogP contribution in [0.4, 0.5) is 13.2 Å². The lowest BCUT2D eigenvalue weighted by atomic mass is 9.68. The third-order valence-corrected chi connectivity index (χ3v) is 5.91. The molecule has 3 aliphatic rings. The lowest BCUT2D eigenvalue weighted by molar-refractivity contribution is -0.424. The quantitative estimate of drug-likeness (QED) is 0.656. The summed E-state index contributed by atoms with van der Waals surface area (Å²) in [5, 5.41) is 0. The second-order valence-corrected chi connectivity index (χ2v) is 7.20. The van der Waals surface area contributed by atoms with Gasteiger partial charge in [-0.25, -0.2) is 0 Å². The summed E-state index contributed by atoms with van der Waals surface area (Å²) in [6, 6.07) is 7.51. The highest BCUT2D eigenvalue weighted by Crippen LogP contribution is 2.63. The van der Waals surface area contributed by atoms with E-state index in [-0.39, 0.29) is 11.0 Å². The lowest BCUT2D eigenvalue weighted by Gasteiger charge is -2.47. The van der Waals surface area contributed by atoms with E-state index in [9.17, 15) is 13.2 Å². The van der Waals surface area contributed by atoms with Crippen molar-refractivity contribution in [3.05, 3.63) is 35.9 Å². The van der Waals surface area contributed by atoms with Crippen molar-refractivity contribution in [2.75, 3.05) is 0 Å². The van der Waals surface area contributed by atoms with Crippen LogP contribution in [0.5, 0.6) is 0 Å². The Balaban J connectivity index is 1.77. The van der Waals surface area contributed by atoms with Crippen molar-refractivity contribution in [1.82, 2.24) is 0 Å². The van der Waals surface area contributed by atoms with Crippen molar-refractivity contribution >= 4 is 0 Å². The highest BCUT2D eigenvalue weighted by Gasteiger charge is 2.73. The molecule has 1 aromatic carbocycles. The molecule has 2 saturated carbocycles. The van der Waals surface area contributed by atoms with E-state index >= 15 is 0 Å². The number of hydrogen-bond acceptors (Lipinski definition) is 3. The van der Waals surface area contributed by atoms with Gasteiger partial charge < -0.3 is 4.74 Å². The largest absolute Gasteiger partial charge is 0.451 e. The third-order valence-electron chi connectivity index (χ3n) is 5.91. The molecule has 6 heteroatoms. The summed E-state index contributed by atoms with van der Waals surface area (Å²) >= 11 is 0. The highest BCUT2D eigenvalue weighted by atomic mass is 19.4. The summed E-state index contributed by atoms with van der Waals surface area (Å²) in [7, 11) is 0. The topological polar surface area (TPSA) is 27.7 Å². The Morgan fingerprint density at radius 1 is 0.792 bits per heavy atom. The van der Waals surface area contributed by atoms with E-state index in [0.29, 0.717) is 6.42 Å². The number of benzene rings is 1. The van der Waals surface area contributed by atoms with Crippen LogP contribution < -0.4 is 0 Å². The molecule has 1 heterocycles. The van der Waals surface area contributed by atoms with Crippen molar-refractivity contribution in [2.24, 2.45) is 5.41 Å². The molecule has 1 aliphatic heterocycles. The maximum atomic E-state index is 14.0. The number of rotatable bonds is 1. The molecule has 3 nitrogen and oxygen atoms in total. The first-order chi connectivity index (χ1) is 11.4. The Morgan fingerprint density at radius 2 is 1.38 bits per heavy atom. The predicted octanol–water partition coefficient (Wildman–Crippen LogP) is 5.21. The minimum atomic E-state index is -4.73. The molecular weight excluding hydrogens is 321 g/mol. The minimum absolute atomic E-state index is 0.0758. The average molecular weight is 342 g/mol. The van der Waals surface area contributed by atoms with Gasteiger partial charge in [0.2, 0.25) is 5.79 Å². The Bertz CT molecular complexity index is 597. The molecule has 1 saturated heterocycles. The molecule has 0 N–H and O–H groups in total. The molecule has 2 spiro atoms. The second-order valence-electron chi connectivity index (χ2n) is 7.20. The van der Waals surface area contributed by atoms with Crippen LogP contribution >= 0.6 is 0 Å². The molecule has 2 atom stereocenters. The van der Waals surface area contributed by atoms with Crippen LogP contribution in [0.15, 0.2) is 30.3 Å². The van der Waals surface area contributed by atoms with Crippen molar-refractivity contribution in [2.45, 2.75) is 69.1 Å². The standard InChI is InChI=1S/C18H21F3O3/c19-18(20,21)17(14-8-2-1-3-9-14)22-16(23-24-17)13-7-6-12-15(16)10-4-5-11-15/h1-3,8-9H,4-7,10-13H2. The molecule has 0 radical (unpaired) electrons. The molecule has 4 rings (SSSR count). The van der Waals surface area contributed by atoms with Gasteiger partial charge in [0.05, 0.1) is 0 Å². The zero-order chi connectivity index (χ0) is 16.9. The van der Waals surface area contributed by atoms with E-state index < -0.39 is 17.8 Å². The predicted molar refractivity (Wildman–Crippen MR) is 79.5 cm³/mol. The molecule has 0 amide bonds. The summed E-state index contributed by atoms with van der Waals surface area (Å²) in [5.74, 6) is -4.14. The number of ether oxygens (including phenoxy) is 1. The van der Waals surface area contributed by atoms with Gasteiger partial charge in [-0.1, -0.05) is 49.6 Å². The zero-order valence-corrected chi connectivity index (χ0v) is 13.4. The molecule has 2 unspecified atom stereocenters. The highest BCUT2D eigenvalue weighted by molar-refractivity contribution is 5.23.